The van der Waals surface area contributed by atoms with Gasteiger partial charge >= 0.3 is 0 Å². The van der Waals surface area contributed by atoms with E-state index in [0.29, 0.717) is 4.47 Å². The molecule has 0 amide bonds. The first-order chi connectivity index (χ1) is 9.83. The Labute approximate surface area is 130 Å². The quantitative estimate of drug-likeness (QED) is 0.568. The summed E-state index contributed by atoms with van der Waals surface area (Å²) in [5.74, 6) is -0.200. The fraction of sp³-hybridized carbons (Fsp3) is 0. The Morgan fingerprint density at radius 1 is 1.24 bits per heavy atom. The van der Waals surface area contributed by atoms with E-state index in [1.165, 1.54) is 24.3 Å². The number of phenols is 1. The number of aromatic hydroxyl groups is 1. The van der Waals surface area contributed by atoms with Crippen LogP contribution in [0, 0.1) is 11.3 Å². The molecule has 0 radical (unpaired) electrons. The summed E-state index contributed by atoms with van der Waals surface area (Å²) in [6.07, 6.45) is 0. The zero-order valence-electron chi connectivity index (χ0n) is 10.5. The lowest BCUT2D eigenvalue weighted by atomic mass is 10.2. The molecule has 108 valence electrons. The van der Waals surface area contributed by atoms with E-state index >= 15 is 0 Å². The van der Waals surface area contributed by atoms with Crippen LogP contribution in [0.25, 0.3) is 0 Å². The second-order valence-corrected chi connectivity index (χ2v) is 6.73. The Bertz CT molecular complexity index is 844. The summed E-state index contributed by atoms with van der Waals surface area (Å²) in [4.78, 5) is -0.110. The van der Waals surface area contributed by atoms with E-state index in [1.54, 1.807) is 6.07 Å². The zero-order chi connectivity index (χ0) is 15.6. The van der Waals surface area contributed by atoms with Crippen molar-refractivity contribution < 1.29 is 13.5 Å². The molecule has 0 bridgehead atoms. The summed E-state index contributed by atoms with van der Waals surface area (Å²) >= 11 is 3.21. The van der Waals surface area contributed by atoms with Gasteiger partial charge < -0.3 is 10.8 Å². The van der Waals surface area contributed by atoms with Crippen molar-refractivity contribution in [3.8, 4) is 11.8 Å². The van der Waals surface area contributed by atoms with Gasteiger partial charge in [0, 0.05) is 4.47 Å². The van der Waals surface area contributed by atoms with Crippen LogP contribution in [-0.4, -0.2) is 13.5 Å². The van der Waals surface area contributed by atoms with Gasteiger partial charge in [-0.2, -0.15) is 5.26 Å². The molecule has 4 N–H and O–H groups in total. The second kappa shape index (κ2) is 5.63. The van der Waals surface area contributed by atoms with Crippen LogP contribution in [0.4, 0.5) is 11.4 Å². The number of nitrogens with zero attached hydrogens (tertiary/aromatic N) is 1. The average Bonchev–Trinajstić information content (AvgIpc) is 2.41. The van der Waals surface area contributed by atoms with E-state index in [0.717, 1.165) is 6.07 Å². The summed E-state index contributed by atoms with van der Waals surface area (Å²) in [5.41, 5.74) is 5.78. The molecule has 2 rings (SSSR count). The molecular formula is C13H10BrN3O3S. The number of hydrogen-bond acceptors (Lipinski definition) is 5. The van der Waals surface area contributed by atoms with Gasteiger partial charge in [-0.3, -0.25) is 4.72 Å². The van der Waals surface area contributed by atoms with Crippen molar-refractivity contribution in [1.29, 1.82) is 5.26 Å². The molecule has 8 heteroatoms. The van der Waals surface area contributed by atoms with Gasteiger partial charge in [0.25, 0.3) is 10.0 Å². The Morgan fingerprint density at radius 3 is 2.57 bits per heavy atom. The summed E-state index contributed by atoms with van der Waals surface area (Å²) < 4.78 is 27.5. The molecule has 0 unspecified atom stereocenters. The fourth-order valence-corrected chi connectivity index (χ4v) is 3.07. The minimum absolute atomic E-state index is 0.0485. The smallest absolute Gasteiger partial charge is 0.262 e. The number of nitrogens with one attached hydrogen (secondary N) is 1. The standard InChI is InChI=1S/C13H10BrN3O3S/c14-9-2-1-8(7-15)12(5-9)17-21(19,20)10-3-4-13(18)11(16)6-10/h1-6,17-18H,16H2. The summed E-state index contributed by atoms with van der Waals surface area (Å²) in [6, 6.07) is 10.1. The van der Waals surface area contributed by atoms with Gasteiger partial charge in [-0.1, -0.05) is 15.9 Å². The van der Waals surface area contributed by atoms with E-state index < -0.39 is 10.0 Å². The number of phenolic OH excluding ortho intramolecular Hbond substituents is 1. The van der Waals surface area contributed by atoms with Crippen LogP contribution >= 0.6 is 15.9 Å². The van der Waals surface area contributed by atoms with E-state index in [4.69, 9.17) is 11.0 Å². The first-order valence-corrected chi connectivity index (χ1v) is 7.92. The van der Waals surface area contributed by atoms with Crippen LogP contribution in [-0.2, 0) is 10.0 Å². The molecule has 0 aliphatic rings. The van der Waals surface area contributed by atoms with Crippen LogP contribution in [0.15, 0.2) is 45.8 Å². The number of nitrogen functional groups attached to an aromatic ring is 1. The molecule has 0 spiro atoms. The number of sulfonamides is 1. The van der Waals surface area contributed by atoms with E-state index in [1.807, 2.05) is 6.07 Å². The van der Waals surface area contributed by atoms with Crippen LogP contribution < -0.4 is 10.5 Å². The fourth-order valence-electron chi connectivity index (χ4n) is 1.60. The van der Waals surface area contributed by atoms with Gasteiger partial charge in [-0.25, -0.2) is 8.42 Å². The number of halogens is 1. The zero-order valence-corrected chi connectivity index (χ0v) is 12.9. The van der Waals surface area contributed by atoms with Crippen LogP contribution in [0.3, 0.4) is 0 Å². The average molecular weight is 368 g/mol. The first kappa shape index (κ1) is 15.2. The maximum absolute atomic E-state index is 12.3. The number of rotatable bonds is 3. The topological polar surface area (TPSA) is 116 Å². The van der Waals surface area contributed by atoms with Crippen LogP contribution in [0.2, 0.25) is 0 Å². The Kier molecular flexibility index (Phi) is 4.06. The highest BCUT2D eigenvalue weighted by atomic mass is 79.9. The van der Waals surface area contributed by atoms with Crippen molar-refractivity contribution in [3.05, 3.63) is 46.4 Å². The van der Waals surface area contributed by atoms with Crippen molar-refractivity contribution >= 4 is 37.3 Å². The van der Waals surface area contributed by atoms with Crippen LogP contribution in [0.1, 0.15) is 5.56 Å². The SMILES string of the molecule is N#Cc1ccc(Br)cc1NS(=O)(=O)c1ccc(O)c(N)c1. The highest BCUT2D eigenvalue weighted by Crippen LogP contribution is 2.27. The largest absolute Gasteiger partial charge is 0.506 e. The Balaban J connectivity index is 2.45. The molecule has 0 aliphatic carbocycles. The van der Waals surface area contributed by atoms with Gasteiger partial charge in [-0.05, 0) is 36.4 Å². The molecule has 6 nitrogen and oxygen atoms in total. The van der Waals surface area contributed by atoms with Crippen molar-refractivity contribution in [1.82, 2.24) is 0 Å². The molecule has 2 aromatic rings. The van der Waals surface area contributed by atoms with Gasteiger partial charge in [0.15, 0.2) is 0 Å². The number of nitriles is 1. The predicted octanol–water partition coefficient (Wildman–Crippen LogP) is 2.41. The van der Waals surface area contributed by atoms with Crippen molar-refractivity contribution in [3.63, 3.8) is 0 Å². The van der Waals surface area contributed by atoms with Gasteiger partial charge in [0.2, 0.25) is 0 Å². The molecular weight excluding hydrogens is 358 g/mol. The molecule has 0 heterocycles. The van der Waals surface area contributed by atoms with Crippen molar-refractivity contribution in [2.75, 3.05) is 10.5 Å². The summed E-state index contributed by atoms with van der Waals surface area (Å²) in [6.45, 7) is 0. The highest BCUT2D eigenvalue weighted by Gasteiger charge is 2.17. The van der Waals surface area contributed by atoms with E-state index in [2.05, 4.69) is 20.7 Å². The molecule has 0 atom stereocenters. The molecule has 0 saturated carbocycles. The number of benzene rings is 2. The maximum atomic E-state index is 12.3. The second-order valence-electron chi connectivity index (χ2n) is 4.13. The third-order valence-electron chi connectivity index (χ3n) is 2.66. The predicted molar refractivity (Wildman–Crippen MR) is 82.2 cm³/mol. The third kappa shape index (κ3) is 3.26. The van der Waals surface area contributed by atoms with Gasteiger partial charge in [0.05, 0.1) is 21.8 Å². The number of hydrogen-bond donors (Lipinski definition) is 3. The lowest BCUT2D eigenvalue weighted by Gasteiger charge is -2.10. The monoisotopic (exact) mass is 367 g/mol. The van der Waals surface area contributed by atoms with E-state index in [9.17, 15) is 13.5 Å². The number of anilines is 2. The molecule has 2 aromatic carbocycles. The summed E-state index contributed by atoms with van der Waals surface area (Å²) in [7, 11) is -3.91. The number of nitrogens with two attached hydrogens (primary N) is 1. The molecule has 0 aliphatic heterocycles. The maximum Gasteiger partial charge on any atom is 0.262 e. The normalized spacial score (nSPS) is 10.9. The van der Waals surface area contributed by atoms with Crippen LogP contribution in [0.5, 0.6) is 5.75 Å². The molecule has 0 fully saturated rings. The lowest BCUT2D eigenvalue weighted by Crippen LogP contribution is -2.14. The Hall–Kier alpha value is -2.24. The van der Waals surface area contributed by atoms with Crippen molar-refractivity contribution in [2.45, 2.75) is 4.90 Å². The Morgan fingerprint density at radius 2 is 1.95 bits per heavy atom. The third-order valence-corrected chi connectivity index (χ3v) is 4.51. The minimum atomic E-state index is -3.91. The summed E-state index contributed by atoms with van der Waals surface area (Å²) in [5, 5.41) is 18.3. The van der Waals surface area contributed by atoms with Crippen molar-refractivity contribution in [2.24, 2.45) is 0 Å². The molecule has 0 saturated heterocycles. The lowest BCUT2D eigenvalue weighted by molar-refractivity contribution is 0.477. The first-order valence-electron chi connectivity index (χ1n) is 5.64. The van der Waals surface area contributed by atoms with Gasteiger partial charge in [-0.15, -0.1) is 0 Å². The molecule has 21 heavy (non-hydrogen) atoms. The minimum Gasteiger partial charge on any atom is -0.506 e. The van der Waals surface area contributed by atoms with Gasteiger partial charge in [0.1, 0.15) is 11.8 Å². The highest BCUT2D eigenvalue weighted by molar-refractivity contribution is 9.10. The molecule has 0 aromatic heterocycles. The van der Waals surface area contributed by atoms with E-state index in [-0.39, 0.29) is 27.6 Å².